The molecule has 6 heteroatoms. The van der Waals surface area contributed by atoms with Gasteiger partial charge in [0.05, 0.1) is 19.2 Å². The van der Waals surface area contributed by atoms with Gasteiger partial charge in [-0.1, -0.05) is 0 Å². The molecule has 0 bridgehead atoms. The second-order valence-corrected chi connectivity index (χ2v) is 7.09. The van der Waals surface area contributed by atoms with Crippen molar-refractivity contribution in [2.45, 2.75) is 39.8 Å². The first kappa shape index (κ1) is 18.9. The molecule has 1 aromatic carbocycles. The normalized spacial score (nSPS) is 11.2. The molecular weight excluding hydrogens is 397 g/mol. The molecule has 5 nitrogen and oxygen atoms in total. The van der Waals surface area contributed by atoms with Crippen LogP contribution in [0.3, 0.4) is 0 Å². The SMILES string of the molecule is COC(=O)c1cc(I)c(C)c(CNCC(=O)OC(C)(C)C)c1. The van der Waals surface area contributed by atoms with Crippen molar-refractivity contribution in [3.05, 3.63) is 32.4 Å². The summed E-state index contributed by atoms with van der Waals surface area (Å²) in [6.45, 7) is 8.07. The fourth-order valence-electron chi connectivity index (χ4n) is 1.83. The third-order valence-electron chi connectivity index (χ3n) is 2.88. The highest BCUT2D eigenvalue weighted by atomic mass is 127. The molecule has 22 heavy (non-hydrogen) atoms. The van der Waals surface area contributed by atoms with Gasteiger partial charge in [0.2, 0.25) is 0 Å². The molecule has 122 valence electrons. The van der Waals surface area contributed by atoms with E-state index in [2.05, 4.69) is 27.9 Å². The lowest BCUT2D eigenvalue weighted by atomic mass is 10.0. The van der Waals surface area contributed by atoms with E-state index >= 15 is 0 Å². The van der Waals surface area contributed by atoms with Crippen LogP contribution < -0.4 is 5.32 Å². The van der Waals surface area contributed by atoms with E-state index in [0.717, 1.165) is 14.7 Å². The van der Waals surface area contributed by atoms with Crippen molar-refractivity contribution in [1.29, 1.82) is 0 Å². The van der Waals surface area contributed by atoms with E-state index < -0.39 is 5.60 Å². The minimum atomic E-state index is -0.491. The number of nitrogens with one attached hydrogen (secondary N) is 1. The average Bonchev–Trinajstić information content (AvgIpc) is 2.40. The highest BCUT2D eigenvalue weighted by Gasteiger charge is 2.16. The van der Waals surface area contributed by atoms with Crippen LogP contribution in [0.5, 0.6) is 0 Å². The Bertz CT molecular complexity index is 564. The van der Waals surface area contributed by atoms with Crippen molar-refractivity contribution in [3.63, 3.8) is 0 Å². The Morgan fingerprint density at radius 2 is 1.91 bits per heavy atom. The van der Waals surface area contributed by atoms with Gasteiger partial charge in [-0.15, -0.1) is 0 Å². The monoisotopic (exact) mass is 419 g/mol. The minimum Gasteiger partial charge on any atom is -0.465 e. The number of hydrogen-bond acceptors (Lipinski definition) is 5. The molecule has 0 aliphatic rings. The Morgan fingerprint density at radius 3 is 2.45 bits per heavy atom. The Kier molecular flexibility index (Phi) is 6.80. The number of carbonyl (C=O) groups excluding carboxylic acids is 2. The predicted molar refractivity (Wildman–Crippen MR) is 92.8 cm³/mol. The molecule has 0 atom stereocenters. The molecule has 1 aromatic rings. The zero-order valence-corrected chi connectivity index (χ0v) is 15.7. The molecule has 0 fully saturated rings. The summed E-state index contributed by atoms with van der Waals surface area (Å²) in [7, 11) is 1.36. The predicted octanol–water partition coefficient (Wildman–Crippen LogP) is 2.82. The van der Waals surface area contributed by atoms with Gasteiger partial charge in [0.1, 0.15) is 5.60 Å². The number of ether oxygens (including phenoxy) is 2. The largest absolute Gasteiger partial charge is 0.465 e. The van der Waals surface area contributed by atoms with E-state index in [4.69, 9.17) is 9.47 Å². The van der Waals surface area contributed by atoms with Crippen LogP contribution in [-0.2, 0) is 20.8 Å². The summed E-state index contributed by atoms with van der Waals surface area (Å²) in [6.07, 6.45) is 0. The number of benzene rings is 1. The second-order valence-electron chi connectivity index (χ2n) is 5.92. The van der Waals surface area contributed by atoms with Crippen LogP contribution in [0.4, 0.5) is 0 Å². The maximum absolute atomic E-state index is 11.7. The van der Waals surface area contributed by atoms with Gasteiger partial charge >= 0.3 is 11.9 Å². The Morgan fingerprint density at radius 1 is 1.27 bits per heavy atom. The standard InChI is InChI=1S/C16H22INO4/c1-10-12(6-11(7-13(10)17)15(20)21-5)8-18-9-14(19)22-16(2,3)4/h6-7,18H,8-9H2,1-5H3. The average molecular weight is 419 g/mol. The second kappa shape index (κ2) is 7.92. The highest BCUT2D eigenvalue weighted by molar-refractivity contribution is 14.1. The maximum atomic E-state index is 11.7. The van der Waals surface area contributed by atoms with Gasteiger partial charge in [-0.25, -0.2) is 4.79 Å². The number of rotatable bonds is 5. The number of carbonyl (C=O) groups is 2. The molecule has 0 radical (unpaired) electrons. The van der Waals surface area contributed by atoms with Crippen LogP contribution in [0.15, 0.2) is 12.1 Å². The van der Waals surface area contributed by atoms with E-state index in [1.165, 1.54) is 7.11 Å². The fraction of sp³-hybridized carbons (Fsp3) is 0.500. The van der Waals surface area contributed by atoms with Crippen LogP contribution in [0.25, 0.3) is 0 Å². The van der Waals surface area contributed by atoms with Gasteiger partial charge in [-0.3, -0.25) is 4.79 Å². The van der Waals surface area contributed by atoms with E-state index in [1.54, 1.807) is 12.1 Å². The molecule has 0 aliphatic carbocycles. The number of esters is 2. The van der Waals surface area contributed by atoms with Gasteiger partial charge in [0.25, 0.3) is 0 Å². The Balaban J connectivity index is 2.71. The summed E-state index contributed by atoms with van der Waals surface area (Å²) < 4.78 is 11.0. The van der Waals surface area contributed by atoms with Crippen molar-refractivity contribution in [2.24, 2.45) is 0 Å². The fourth-order valence-corrected chi connectivity index (χ4v) is 2.51. The minimum absolute atomic E-state index is 0.121. The summed E-state index contributed by atoms with van der Waals surface area (Å²) in [4.78, 5) is 23.3. The van der Waals surface area contributed by atoms with Crippen molar-refractivity contribution in [1.82, 2.24) is 5.32 Å². The summed E-state index contributed by atoms with van der Waals surface area (Å²) in [5.41, 5.74) is 2.04. The van der Waals surface area contributed by atoms with Crippen LogP contribution in [-0.4, -0.2) is 31.2 Å². The van der Waals surface area contributed by atoms with Crippen LogP contribution in [0, 0.1) is 10.5 Å². The lowest BCUT2D eigenvalue weighted by Crippen LogP contribution is -2.31. The molecule has 0 spiro atoms. The molecule has 0 unspecified atom stereocenters. The first-order chi connectivity index (χ1) is 10.1. The maximum Gasteiger partial charge on any atom is 0.337 e. The molecule has 0 heterocycles. The Labute approximate surface area is 144 Å². The molecule has 0 saturated carbocycles. The van der Waals surface area contributed by atoms with Crippen LogP contribution in [0.2, 0.25) is 0 Å². The summed E-state index contributed by atoms with van der Waals surface area (Å²) in [5.74, 6) is -0.671. The zero-order valence-electron chi connectivity index (χ0n) is 13.6. The number of halogens is 1. The van der Waals surface area contributed by atoms with Crippen molar-refractivity contribution in [2.75, 3.05) is 13.7 Å². The third kappa shape index (κ3) is 5.92. The first-order valence-electron chi connectivity index (χ1n) is 6.94. The molecule has 0 aromatic heterocycles. The summed E-state index contributed by atoms with van der Waals surface area (Å²) in [5, 5.41) is 3.05. The van der Waals surface area contributed by atoms with E-state index in [0.29, 0.717) is 12.1 Å². The van der Waals surface area contributed by atoms with Crippen molar-refractivity contribution in [3.8, 4) is 0 Å². The van der Waals surface area contributed by atoms with E-state index in [9.17, 15) is 9.59 Å². The zero-order chi connectivity index (χ0) is 16.9. The summed E-state index contributed by atoms with van der Waals surface area (Å²) in [6, 6.07) is 3.57. The van der Waals surface area contributed by atoms with E-state index in [1.807, 2.05) is 27.7 Å². The number of hydrogen-bond donors (Lipinski definition) is 1. The lowest BCUT2D eigenvalue weighted by Gasteiger charge is -2.19. The molecule has 0 aliphatic heterocycles. The van der Waals surface area contributed by atoms with Gasteiger partial charge < -0.3 is 14.8 Å². The lowest BCUT2D eigenvalue weighted by molar-refractivity contribution is -0.153. The van der Waals surface area contributed by atoms with E-state index in [-0.39, 0.29) is 18.5 Å². The third-order valence-corrected chi connectivity index (χ3v) is 4.00. The van der Waals surface area contributed by atoms with Crippen LogP contribution in [0.1, 0.15) is 42.3 Å². The first-order valence-corrected chi connectivity index (χ1v) is 8.02. The number of methoxy groups -OCH3 is 1. The summed E-state index contributed by atoms with van der Waals surface area (Å²) >= 11 is 2.18. The Hall–Kier alpha value is -1.15. The molecule has 0 amide bonds. The molecule has 0 saturated heterocycles. The molecular formula is C16H22INO4. The van der Waals surface area contributed by atoms with Gasteiger partial charge in [0, 0.05) is 10.1 Å². The van der Waals surface area contributed by atoms with Gasteiger partial charge in [-0.2, -0.15) is 0 Å². The topological polar surface area (TPSA) is 64.6 Å². The van der Waals surface area contributed by atoms with Gasteiger partial charge in [0.15, 0.2) is 0 Å². The van der Waals surface area contributed by atoms with Crippen molar-refractivity contribution < 1.29 is 19.1 Å². The highest BCUT2D eigenvalue weighted by Crippen LogP contribution is 2.19. The molecule has 1 N–H and O–H groups in total. The smallest absolute Gasteiger partial charge is 0.337 e. The van der Waals surface area contributed by atoms with Crippen molar-refractivity contribution >= 4 is 34.5 Å². The molecule has 1 rings (SSSR count). The van der Waals surface area contributed by atoms with Crippen LogP contribution >= 0.6 is 22.6 Å². The quantitative estimate of drug-likeness (QED) is 0.588. The van der Waals surface area contributed by atoms with Gasteiger partial charge in [-0.05, 0) is 73.5 Å².